The number of hydrogen-bond acceptors (Lipinski definition) is 5. The molecule has 0 radical (unpaired) electrons. The molecule has 3 N–H and O–H groups in total. The van der Waals surface area contributed by atoms with Gasteiger partial charge in [0.25, 0.3) is 0 Å². The van der Waals surface area contributed by atoms with Crippen molar-refractivity contribution in [2.24, 2.45) is 0 Å². The zero-order valence-corrected chi connectivity index (χ0v) is 14.6. The highest BCUT2D eigenvalue weighted by Crippen LogP contribution is 2.21. The molecule has 8 heteroatoms. The number of aliphatic hydroxyl groups excluding tert-OH is 1. The number of H-pyrrole nitrogens is 1. The molecule has 0 saturated carbocycles. The Morgan fingerprint density at radius 2 is 1.88 bits per heavy atom. The van der Waals surface area contributed by atoms with Crippen LogP contribution in [0, 0.1) is 0 Å². The highest BCUT2D eigenvalue weighted by atomic mass is 32.2. The van der Waals surface area contributed by atoms with Crippen molar-refractivity contribution in [3.05, 3.63) is 54.1 Å². The Kier molecular flexibility index (Phi) is 5.03. The number of aromatic nitrogens is 2. The fourth-order valence-electron chi connectivity index (χ4n) is 2.55. The maximum absolute atomic E-state index is 12.7. The van der Waals surface area contributed by atoms with E-state index in [0.29, 0.717) is 18.1 Å². The minimum absolute atomic E-state index is 0.0493. The number of rotatable bonds is 7. The number of likely N-dealkylation sites (N-methyl/N-ethyl adjacent to an activating group) is 1. The summed E-state index contributed by atoms with van der Waals surface area (Å²) in [5, 5.41) is 12.1. The lowest BCUT2D eigenvalue weighted by Crippen LogP contribution is -2.30. The standard InChI is InChI=1S/C17H20N4O3S/c1-21(10-11-22)25(23,24)16-9-5-2-6-13(16)12-18-17-19-14-7-3-4-8-15(14)20-17/h2-9,22H,10-12H2,1H3,(H2,18,19,20). The summed E-state index contributed by atoms with van der Waals surface area (Å²) in [6.45, 7) is 0.130. The second-order valence-electron chi connectivity index (χ2n) is 5.61. The number of sulfonamides is 1. The molecule has 3 aromatic rings. The van der Waals surface area contributed by atoms with Gasteiger partial charge < -0.3 is 15.4 Å². The summed E-state index contributed by atoms with van der Waals surface area (Å²) < 4.78 is 26.5. The van der Waals surface area contributed by atoms with Crippen molar-refractivity contribution in [1.82, 2.24) is 14.3 Å². The van der Waals surface area contributed by atoms with Gasteiger partial charge in [-0.25, -0.2) is 13.4 Å². The number of fused-ring (bicyclic) bond motifs is 1. The predicted octanol–water partition coefficient (Wildman–Crippen LogP) is 1.79. The van der Waals surface area contributed by atoms with E-state index in [2.05, 4.69) is 15.3 Å². The molecule has 0 bridgehead atoms. The lowest BCUT2D eigenvalue weighted by Gasteiger charge is -2.18. The van der Waals surface area contributed by atoms with E-state index in [1.54, 1.807) is 24.3 Å². The summed E-state index contributed by atoms with van der Waals surface area (Å²) >= 11 is 0. The second kappa shape index (κ2) is 7.22. The van der Waals surface area contributed by atoms with Crippen LogP contribution in [0.5, 0.6) is 0 Å². The lowest BCUT2D eigenvalue weighted by molar-refractivity contribution is 0.266. The van der Waals surface area contributed by atoms with E-state index in [1.807, 2.05) is 24.3 Å². The molecule has 0 unspecified atom stereocenters. The van der Waals surface area contributed by atoms with Crippen LogP contribution in [0.3, 0.4) is 0 Å². The molecule has 0 saturated heterocycles. The third-order valence-corrected chi connectivity index (χ3v) is 5.87. The average Bonchev–Trinajstić information content (AvgIpc) is 3.03. The molecule has 0 atom stereocenters. The van der Waals surface area contributed by atoms with E-state index < -0.39 is 10.0 Å². The SMILES string of the molecule is CN(CCO)S(=O)(=O)c1ccccc1CNc1nc2ccccc2[nH]1. The minimum atomic E-state index is -3.66. The van der Waals surface area contributed by atoms with Crippen LogP contribution in [0.2, 0.25) is 0 Å². The maximum Gasteiger partial charge on any atom is 0.243 e. The van der Waals surface area contributed by atoms with Crippen LogP contribution >= 0.6 is 0 Å². The van der Waals surface area contributed by atoms with Crippen molar-refractivity contribution in [3.63, 3.8) is 0 Å². The highest BCUT2D eigenvalue weighted by molar-refractivity contribution is 7.89. The molecule has 2 aromatic carbocycles. The molecule has 1 aromatic heterocycles. The number of imidazole rings is 1. The summed E-state index contributed by atoms with van der Waals surface area (Å²) in [5.41, 5.74) is 2.38. The zero-order chi connectivity index (χ0) is 17.9. The first-order chi connectivity index (χ1) is 12.0. The van der Waals surface area contributed by atoms with Crippen molar-refractivity contribution < 1.29 is 13.5 Å². The Morgan fingerprint density at radius 3 is 2.64 bits per heavy atom. The number of benzene rings is 2. The first kappa shape index (κ1) is 17.4. The van der Waals surface area contributed by atoms with Crippen LogP contribution in [0.15, 0.2) is 53.4 Å². The Hall–Kier alpha value is -2.42. The second-order valence-corrected chi connectivity index (χ2v) is 7.63. The molecule has 0 aliphatic rings. The lowest BCUT2D eigenvalue weighted by atomic mass is 10.2. The molecular weight excluding hydrogens is 340 g/mol. The van der Waals surface area contributed by atoms with Gasteiger partial charge in [-0.1, -0.05) is 30.3 Å². The van der Waals surface area contributed by atoms with Crippen molar-refractivity contribution in [3.8, 4) is 0 Å². The Bertz CT molecular complexity index is 936. The number of hydrogen-bond donors (Lipinski definition) is 3. The molecule has 132 valence electrons. The normalized spacial score (nSPS) is 12.0. The van der Waals surface area contributed by atoms with Crippen molar-refractivity contribution in [2.75, 3.05) is 25.5 Å². The van der Waals surface area contributed by atoms with Crippen molar-refractivity contribution in [1.29, 1.82) is 0 Å². The van der Waals surface area contributed by atoms with Crippen molar-refractivity contribution in [2.45, 2.75) is 11.4 Å². The number of aromatic amines is 1. The molecule has 0 fully saturated rings. The van der Waals surface area contributed by atoms with Gasteiger partial charge in [0.05, 0.1) is 22.5 Å². The number of nitrogens with one attached hydrogen (secondary N) is 2. The number of para-hydroxylation sites is 2. The van der Waals surface area contributed by atoms with Gasteiger partial charge in [-0.05, 0) is 23.8 Å². The largest absolute Gasteiger partial charge is 0.395 e. The van der Waals surface area contributed by atoms with Gasteiger partial charge >= 0.3 is 0 Å². The summed E-state index contributed by atoms with van der Waals surface area (Å²) in [5.74, 6) is 0.581. The Morgan fingerprint density at radius 1 is 1.16 bits per heavy atom. The molecule has 0 aliphatic carbocycles. The minimum Gasteiger partial charge on any atom is -0.395 e. The van der Waals surface area contributed by atoms with Crippen LogP contribution < -0.4 is 5.32 Å². The predicted molar refractivity (Wildman–Crippen MR) is 96.8 cm³/mol. The summed E-state index contributed by atoms with van der Waals surface area (Å²) in [6, 6.07) is 14.5. The van der Waals surface area contributed by atoms with E-state index in [1.165, 1.54) is 7.05 Å². The molecule has 25 heavy (non-hydrogen) atoms. The quantitative estimate of drug-likeness (QED) is 0.597. The van der Waals surface area contributed by atoms with Gasteiger partial charge in [0.15, 0.2) is 0 Å². The van der Waals surface area contributed by atoms with E-state index >= 15 is 0 Å². The topological polar surface area (TPSA) is 98.3 Å². The van der Waals surface area contributed by atoms with Gasteiger partial charge in [-0.2, -0.15) is 4.31 Å². The number of aliphatic hydroxyl groups is 1. The van der Waals surface area contributed by atoms with E-state index in [0.717, 1.165) is 15.3 Å². The molecule has 3 rings (SSSR count). The molecule has 1 heterocycles. The fourth-order valence-corrected chi connectivity index (χ4v) is 3.93. The first-order valence-corrected chi connectivity index (χ1v) is 9.30. The molecule has 0 spiro atoms. The van der Waals surface area contributed by atoms with Gasteiger partial charge in [-0.15, -0.1) is 0 Å². The molecule has 7 nitrogen and oxygen atoms in total. The summed E-state index contributed by atoms with van der Waals surface area (Å²) in [6.07, 6.45) is 0. The van der Waals surface area contributed by atoms with Crippen LogP contribution in [0.4, 0.5) is 5.95 Å². The van der Waals surface area contributed by atoms with E-state index in [-0.39, 0.29) is 18.0 Å². The number of nitrogens with zero attached hydrogens (tertiary/aromatic N) is 2. The van der Waals surface area contributed by atoms with E-state index in [4.69, 9.17) is 5.11 Å². The molecular formula is C17H20N4O3S. The molecule has 0 aliphatic heterocycles. The monoisotopic (exact) mass is 360 g/mol. The Labute approximate surface area is 146 Å². The maximum atomic E-state index is 12.7. The van der Waals surface area contributed by atoms with Crippen LogP contribution in [0.1, 0.15) is 5.56 Å². The van der Waals surface area contributed by atoms with Gasteiger partial charge in [-0.3, -0.25) is 0 Å². The third-order valence-electron chi connectivity index (χ3n) is 3.91. The van der Waals surface area contributed by atoms with Crippen LogP contribution in [-0.4, -0.2) is 48.0 Å². The van der Waals surface area contributed by atoms with Gasteiger partial charge in [0.2, 0.25) is 16.0 Å². The van der Waals surface area contributed by atoms with E-state index in [9.17, 15) is 8.42 Å². The van der Waals surface area contributed by atoms with Crippen LogP contribution in [-0.2, 0) is 16.6 Å². The highest BCUT2D eigenvalue weighted by Gasteiger charge is 2.23. The molecule has 0 amide bonds. The first-order valence-electron chi connectivity index (χ1n) is 7.86. The average molecular weight is 360 g/mol. The summed E-state index contributed by atoms with van der Waals surface area (Å²) in [7, 11) is -2.20. The summed E-state index contributed by atoms with van der Waals surface area (Å²) in [4.78, 5) is 7.79. The third kappa shape index (κ3) is 3.65. The smallest absolute Gasteiger partial charge is 0.243 e. The van der Waals surface area contributed by atoms with Crippen LogP contribution in [0.25, 0.3) is 11.0 Å². The van der Waals surface area contributed by atoms with Gasteiger partial charge in [0, 0.05) is 20.1 Å². The van der Waals surface area contributed by atoms with Crippen molar-refractivity contribution >= 4 is 27.0 Å². The Balaban J connectivity index is 1.83. The fraction of sp³-hybridized carbons (Fsp3) is 0.235. The van der Waals surface area contributed by atoms with Gasteiger partial charge in [0.1, 0.15) is 0 Å². The zero-order valence-electron chi connectivity index (χ0n) is 13.8. The number of anilines is 1.